The summed E-state index contributed by atoms with van der Waals surface area (Å²) in [4.78, 5) is 21.5. The highest BCUT2D eigenvalue weighted by Gasteiger charge is 2.37. The maximum atomic E-state index is 12.8. The molecule has 1 amide bonds. The molecule has 0 saturated carbocycles. The molecule has 0 spiro atoms. The Kier molecular flexibility index (Phi) is 4.74. The molecule has 5 heteroatoms. The van der Waals surface area contributed by atoms with Gasteiger partial charge in [0, 0.05) is 37.4 Å². The van der Waals surface area contributed by atoms with Crippen molar-refractivity contribution in [3.05, 3.63) is 30.1 Å². The Bertz CT molecular complexity index is 499. The van der Waals surface area contributed by atoms with Crippen molar-refractivity contribution in [2.45, 2.75) is 24.8 Å². The van der Waals surface area contributed by atoms with Crippen molar-refractivity contribution in [1.29, 1.82) is 0 Å². The SMILES string of the molecule is CN1CCC(NC(=O)C2CN(C)C[C@H]2c2cccnc2)CC1. The van der Waals surface area contributed by atoms with E-state index >= 15 is 0 Å². The van der Waals surface area contributed by atoms with Crippen LogP contribution in [-0.2, 0) is 4.79 Å². The highest BCUT2D eigenvalue weighted by Crippen LogP contribution is 2.31. The number of aromatic nitrogens is 1. The van der Waals surface area contributed by atoms with E-state index in [0.717, 1.165) is 39.0 Å². The Morgan fingerprint density at radius 2 is 2.00 bits per heavy atom. The first-order valence-electron chi connectivity index (χ1n) is 8.21. The molecule has 1 aromatic heterocycles. The fraction of sp³-hybridized carbons (Fsp3) is 0.647. The zero-order valence-electron chi connectivity index (χ0n) is 13.5. The lowest BCUT2D eigenvalue weighted by molar-refractivity contribution is -0.126. The van der Waals surface area contributed by atoms with Crippen molar-refractivity contribution in [2.24, 2.45) is 5.92 Å². The van der Waals surface area contributed by atoms with Crippen LogP contribution in [0, 0.1) is 5.92 Å². The first-order valence-corrected chi connectivity index (χ1v) is 8.21. The Morgan fingerprint density at radius 1 is 1.23 bits per heavy atom. The third-order valence-corrected chi connectivity index (χ3v) is 5.02. The molecule has 2 atom stereocenters. The van der Waals surface area contributed by atoms with Gasteiger partial charge in [-0.05, 0) is 51.7 Å². The Labute approximate surface area is 132 Å². The summed E-state index contributed by atoms with van der Waals surface area (Å²) in [7, 11) is 4.23. The number of piperidine rings is 1. The minimum Gasteiger partial charge on any atom is -0.353 e. The van der Waals surface area contributed by atoms with E-state index in [-0.39, 0.29) is 17.7 Å². The minimum absolute atomic E-state index is 0.0360. The van der Waals surface area contributed by atoms with Crippen molar-refractivity contribution in [1.82, 2.24) is 20.1 Å². The third-order valence-electron chi connectivity index (χ3n) is 5.02. The van der Waals surface area contributed by atoms with E-state index in [0.29, 0.717) is 6.04 Å². The van der Waals surface area contributed by atoms with Gasteiger partial charge in [-0.2, -0.15) is 0 Å². The largest absolute Gasteiger partial charge is 0.353 e. The molecular weight excluding hydrogens is 276 g/mol. The predicted octanol–water partition coefficient (Wildman–Crippen LogP) is 0.937. The van der Waals surface area contributed by atoms with Crippen molar-refractivity contribution in [2.75, 3.05) is 40.3 Å². The Balaban J connectivity index is 1.65. The summed E-state index contributed by atoms with van der Waals surface area (Å²) in [6.07, 6.45) is 5.81. The fourth-order valence-corrected chi connectivity index (χ4v) is 3.66. The van der Waals surface area contributed by atoms with E-state index in [2.05, 4.69) is 40.3 Å². The van der Waals surface area contributed by atoms with Crippen LogP contribution in [0.25, 0.3) is 0 Å². The maximum absolute atomic E-state index is 12.8. The van der Waals surface area contributed by atoms with Crippen LogP contribution in [0.1, 0.15) is 24.3 Å². The van der Waals surface area contributed by atoms with Gasteiger partial charge in [-0.3, -0.25) is 9.78 Å². The summed E-state index contributed by atoms with van der Waals surface area (Å²) in [6, 6.07) is 4.39. The molecule has 22 heavy (non-hydrogen) atoms. The number of likely N-dealkylation sites (tertiary alicyclic amines) is 2. The lowest BCUT2D eigenvalue weighted by atomic mass is 9.89. The van der Waals surface area contributed by atoms with Crippen molar-refractivity contribution < 1.29 is 4.79 Å². The van der Waals surface area contributed by atoms with Gasteiger partial charge in [-0.1, -0.05) is 6.07 Å². The van der Waals surface area contributed by atoms with E-state index in [1.54, 1.807) is 6.20 Å². The second-order valence-electron chi connectivity index (χ2n) is 6.81. The summed E-state index contributed by atoms with van der Waals surface area (Å²) in [6.45, 7) is 3.90. The van der Waals surface area contributed by atoms with Gasteiger partial charge in [-0.15, -0.1) is 0 Å². The zero-order valence-corrected chi connectivity index (χ0v) is 13.5. The van der Waals surface area contributed by atoms with Crippen LogP contribution in [0.15, 0.2) is 24.5 Å². The van der Waals surface area contributed by atoms with Crippen molar-refractivity contribution in [3.63, 3.8) is 0 Å². The van der Waals surface area contributed by atoms with E-state index in [1.807, 2.05) is 12.3 Å². The van der Waals surface area contributed by atoms with Gasteiger partial charge < -0.3 is 15.1 Å². The molecule has 1 N–H and O–H groups in total. The highest BCUT2D eigenvalue weighted by atomic mass is 16.2. The smallest absolute Gasteiger partial charge is 0.225 e. The number of nitrogens with one attached hydrogen (secondary N) is 1. The van der Waals surface area contributed by atoms with Crippen LogP contribution in [0.3, 0.4) is 0 Å². The van der Waals surface area contributed by atoms with Gasteiger partial charge in [0.05, 0.1) is 5.92 Å². The van der Waals surface area contributed by atoms with Gasteiger partial charge in [0.2, 0.25) is 5.91 Å². The number of carbonyl (C=O) groups excluding carboxylic acids is 1. The standard InChI is InChI=1S/C17H26N4O/c1-20-8-5-14(6-9-20)19-17(22)16-12-21(2)11-15(16)13-4-3-7-18-10-13/h3-4,7,10,14-16H,5-6,8-9,11-12H2,1-2H3,(H,19,22)/t15-,16?/m0/s1. The molecule has 0 aromatic carbocycles. The average Bonchev–Trinajstić information content (AvgIpc) is 2.92. The zero-order chi connectivity index (χ0) is 15.5. The van der Waals surface area contributed by atoms with E-state index in [1.165, 1.54) is 5.56 Å². The Hall–Kier alpha value is -1.46. The Morgan fingerprint density at radius 3 is 2.68 bits per heavy atom. The maximum Gasteiger partial charge on any atom is 0.225 e. The normalized spacial score (nSPS) is 27.9. The molecule has 0 aliphatic carbocycles. The van der Waals surface area contributed by atoms with Gasteiger partial charge in [-0.25, -0.2) is 0 Å². The number of pyridine rings is 1. The molecule has 0 radical (unpaired) electrons. The predicted molar refractivity (Wildman–Crippen MR) is 86.6 cm³/mol. The van der Waals surface area contributed by atoms with Crippen LogP contribution < -0.4 is 5.32 Å². The molecular formula is C17H26N4O. The lowest BCUT2D eigenvalue weighted by Crippen LogP contribution is -2.46. The van der Waals surface area contributed by atoms with Crippen LogP contribution in [0.5, 0.6) is 0 Å². The van der Waals surface area contributed by atoms with E-state index in [4.69, 9.17) is 0 Å². The second kappa shape index (κ2) is 6.75. The number of hydrogen-bond acceptors (Lipinski definition) is 4. The molecule has 3 rings (SSSR count). The summed E-state index contributed by atoms with van der Waals surface area (Å²) < 4.78 is 0. The number of hydrogen-bond donors (Lipinski definition) is 1. The third kappa shape index (κ3) is 3.47. The average molecular weight is 302 g/mol. The number of likely N-dealkylation sites (N-methyl/N-ethyl adjacent to an activating group) is 1. The van der Waals surface area contributed by atoms with Crippen LogP contribution in [-0.4, -0.2) is 67.0 Å². The van der Waals surface area contributed by atoms with Gasteiger partial charge >= 0.3 is 0 Å². The second-order valence-corrected chi connectivity index (χ2v) is 6.81. The molecule has 120 valence electrons. The molecule has 1 unspecified atom stereocenters. The van der Waals surface area contributed by atoms with E-state index < -0.39 is 0 Å². The minimum atomic E-state index is 0.0360. The van der Waals surface area contributed by atoms with Gasteiger partial charge in [0.25, 0.3) is 0 Å². The molecule has 0 bridgehead atoms. The fourth-order valence-electron chi connectivity index (χ4n) is 3.66. The van der Waals surface area contributed by atoms with Crippen molar-refractivity contribution in [3.8, 4) is 0 Å². The quantitative estimate of drug-likeness (QED) is 0.903. The molecule has 3 heterocycles. The highest BCUT2D eigenvalue weighted by molar-refractivity contribution is 5.80. The summed E-state index contributed by atoms with van der Waals surface area (Å²) in [5, 5.41) is 3.29. The number of nitrogens with zero attached hydrogens (tertiary/aromatic N) is 3. The van der Waals surface area contributed by atoms with Crippen LogP contribution >= 0.6 is 0 Å². The molecule has 2 fully saturated rings. The van der Waals surface area contributed by atoms with Gasteiger partial charge in [0.15, 0.2) is 0 Å². The summed E-state index contributed by atoms with van der Waals surface area (Å²) >= 11 is 0. The summed E-state index contributed by atoms with van der Waals surface area (Å²) in [5.41, 5.74) is 1.18. The van der Waals surface area contributed by atoms with E-state index in [9.17, 15) is 4.79 Å². The monoisotopic (exact) mass is 302 g/mol. The topological polar surface area (TPSA) is 48.5 Å². The first-order chi connectivity index (χ1) is 10.6. The number of amides is 1. The molecule has 5 nitrogen and oxygen atoms in total. The van der Waals surface area contributed by atoms with Crippen LogP contribution in [0.2, 0.25) is 0 Å². The number of carbonyl (C=O) groups is 1. The van der Waals surface area contributed by atoms with Crippen LogP contribution in [0.4, 0.5) is 0 Å². The first kappa shape index (κ1) is 15.4. The van der Waals surface area contributed by atoms with Crippen molar-refractivity contribution >= 4 is 5.91 Å². The summed E-state index contributed by atoms with van der Waals surface area (Å²) in [5.74, 6) is 0.506. The lowest BCUT2D eigenvalue weighted by Gasteiger charge is -2.30. The molecule has 1 aromatic rings. The molecule has 2 saturated heterocycles. The molecule has 2 aliphatic rings. The molecule has 2 aliphatic heterocycles. The number of rotatable bonds is 3. The van der Waals surface area contributed by atoms with Gasteiger partial charge in [0.1, 0.15) is 0 Å².